The maximum absolute atomic E-state index is 9.85. The van der Waals surface area contributed by atoms with E-state index in [9.17, 15) is 5.26 Å². The highest BCUT2D eigenvalue weighted by atomic mass is 16.5. The van der Waals surface area contributed by atoms with Crippen LogP contribution in [0.5, 0.6) is 11.5 Å². The Kier molecular flexibility index (Phi) is 6.00. The number of fused-ring (bicyclic) bond motifs is 1. The molecule has 0 atom stereocenters. The standard InChI is InChI=1S/C26H23N3O2/c1-3-29-23-12-8-7-11-22(23)28-26(29)21(17-27)15-20-13-14-24(25(16-20)30-2)31-18-19-9-5-4-6-10-19/h4-16H,3,18H2,1-2H3/b21-15+. The molecule has 31 heavy (non-hydrogen) atoms. The molecule has 0 amide bonds. The molecular formula is C26H23N3O2. The van der Waals surface area contributed by atoms with Crippen LogP contribution < -0.4 is 9.47 Å². The lowest BCUT2D eigenvalue weighted by atomic mass is 10.1. The minimum atomic E-state index is 0.455. The summed E-state index contributed by atoms with van der Waals surface area (Å²) >= 11 is 0. The summed E-state index contributed by atoms with van der Waals surface area (Å²) in [7, 11) is 1.61. The summed E-state index contributed by atoms with van der Waals surface area (Å²) in [5, 5.41) is 9.85. The van der Waals surface area contributed by atoms with Crippen molar-refractivity contribution in [3.63, 3.8) is 0 Å². The third-order valence-corrected chi connectivity index (χ3v) is 5.07. The number of allylic oxidation sites excluding steroid dienone is 1. The number of hydrogen-bond acceptors (Lipinski definition) is 4. The number of benzene rings is 3. The molecule has 0 aliphatic heterocycles. The Morgan fingerprint density at radius 3 is 2.55 bits per heavy atom. The van der Waals surface area contributed by atoms with Gasteiger partial charge in [0.05, 0.1) is 23.7 Å². The summed E-state index contributed by atoms with van der Waals surface area (Å²) in [5.74, 6) is 1.93. The normalized spacial score (nSPS) is 11.3. The molecule has 4 rings (SSSR count). The number of nitrogens with zero attached hydrogens (tertiary/aromatic N) is 3. The first-order chi connectivity index (χ1) is 15.2. The number of hydrogen-bond donors (Lipinski definition) is 0. The molecule has 0 aliphatic rings. The summed E-state index contributed by atoms with van der Waals surface area (Å²) in [5.41, 5.74) is 4.32. The molecule has 0 fully saturated rings. The lowest BCUT2D eigenvalue weighted by Crippen LogP contribution is -2.00. The van der Waals surface area contributed by atoms with Gasteiger partial charge in [0.25, 0.3) is 0 Å². The van der Waals surface area contributed by atoms with Crippen LogP contribution in [0.4, 0.5) is 0 Å². The number of ether oxygens (including phenoxy) is 2. The maximum Gasteiger partial charge on any atom is 0.161 e. The van der Waals surface area contributed by atoms with Crippen molar-refractivity contribution in [1.82, 2.24) is 9.55 Å². The maximum atomic E-state index is 9.85. The third kappa shape index (κ3) is 4.29. The first-order valence-corrected chi connectivity index (χ1v) is 10.2. The molecule has 0 unspecified atom stereocenters. The zero-order valence-corrected chi connectivity index (χ0v) is 17.6. The van der Waals surface area contributed by atoms with Gasteiger partial charge < -0.3 is 14.0 Å². The molecule has 1 aromatic heterocycles. The van der Waals surface area contributed by atoms with E-state index in [1.54, 1.807) is 7.11 Å². The van der Waals surface area contributed by atoms with E-state index < -0.39 is 0 Å². The van der Waals surface area contributed by atoms with Gasteiger partial charge in [0.2, 0.25) is 0 Å². The van der Waals surface area contributed by atoms with Crippen LogP contribution in [-0.2, 0) is 13.2 Å². The number of rotatable bonds is 7. The Balaban J connectivity index is 1.65. The third-order valence-electron chi connectivity index (χ3n) is 5.07. The topological polar surface area (TPSA) is 60.1 Å². The van der Waals surface area contributed by atoms with Crippen LogP contribution in [0.25, 0.3) is 22.7 Å². The number of methoxy groups -OCH3 is 1. The Labute approximate surface area is 181 Å². The molecule has 0 radical (unpaired) electrons. The van der Waals surface area contributed by atoms with Crippen LogP contribution in [0.1, 0.15) is 23.9 Å². The van der Waals surface area contributed by atoms with E-state index in [2.05, 4.69) is 17.6 Å². The van der Waals surface area contributed by atoms with E-state index in [0.29, 0.717) is 29.5 Å². The van der Waals surface area contributed by atoms with E-state index in [4.69, 9.17) is 14.5 Å². The minimum absolute atomic E-state index is 0.455. The smallest absolute Gasteiger partial charge is 0.161 e. The molecule has 5 nitrogen and oxygen atoms in total. The average molecular weight is 409 g/mol. The van der Waals surface area contributed by atoms with Crippen molar-refractivity contribution in [1.29, 1.82) is 5.26 Å². The predicted molar refractivity (Wildman–Crippen MR) is 123 cm³/mol. The summed E-state index contributed by atoms with van der Waals surface area (Å²) in [6, 6.07) is 25.9. The van der Waals surface area contributed by atoms with E-state index in [0.717, 1.165) is 28.7 Å². The summed E-state index contributed by atoms with van der Waals surface area (Å²) in [4.78, 5) is 4.69. The van der Waals surface area contributed by atoms with Gasteiger partial charge in [-0.2, -0.15) is 5.26 Å². The second-order valence-corrected chi connectivity index (χ2v) is 7.02. The number of nitriles is 1. The average Bonchev–Trinajstić information content (AvgIpc) is 3.20. The van der Waals surface area contributed by atoms with E-state index in [1.165, 1.54) is 0 Å². The van der Waals surface area contributed by atoms with Gasteiger partial charge in [-0.3, -0.25) is 0 Å². The van der Waals surface area contributed by atoms with Crippen molar-refractivity contribution < 1.29 is 9.47 Å². The van der Waals surface area contributed by atoms with Crippen molar-refractivity contribution in [2.24, 2.45) is 0 Å². The van der Waals surface area contributed by atoms with Gasteiger partial charge in [-0.25, -0.2) is 4.98 Å². The molecule has 0 bridgehead atoms. The summed E-state index contributed by atoms with van der Waals surface area (Å²) < 4.78 is 13.5. The zero-order chi connectivity index (χ0) is 21.6. The fraction of sp³-hybridized carbons (Fsp3) is 0.154. The molecule has 0 saturated carbocycles. The highest BCUT2D eigenvalue weighted by molar-refractivity contribution is 5.91. The van der Waals surface area contributed by atoms with Crippen molar-refractivity contribution in [3.05, 3.63) is 89.7 Å². The van der Waals surface area contributed by atoms with Gasteiger partial charge >= 0.3 is 0 Å². The Bertz CT molecular complexity index is 1270. The van der Waals surface area contributed by atoms with Gasteiger partial charge in [0.1, 0.15) is 12.7 Å². The molecule has 0 N–H and O–H groups in total. The highest BCUT2D eigenvalue weighted by Gasteiger charge is 2.14. The largest absolute Gasteiger partial charge is 0.493 e. The Morgan fingerprint density at radius 2 is 1.81 bits per heavy atom. The minimum Gasteiger partial charge on any atom is -0.493 e. The van der Waals surface area contributed by atoms with Gasteiger partial charge in [0.15, 0.2) is 17.3 Å². The van der Waals surface area contributed by atoms with Crippen LogP contribution in [0.2, 0.25) is 0 Å². The molecule has 5 heteroatoms. The van der Waals surface area contributed by atoms with Crippen LogP contribution in [0.3, 0.4) is 0 Å². The number of aryl methyl sites for hydroxylation is 1. The quantitative estimate of drug-likeness (QED) is 0.367. The molecule has 0 spiro atoms. The van der Waals surface area contributed by atoms with Gasteiger partial charge in [-0.05, 0) is 48.4 Å². The molecule has 4 aromatic rings. The number of aromatic nitrogens is 2. The van der Waals surface area contributed by atoms with E-state index in [1.807, 2.05) is 78.9 Å². The lowest BCUT2D eigenvalue weighted by molar-refractivity contribution is 0.284. The fourth-order valence-corrected chi connectivity index (χ4v) is 3.54. The van der Waals surface area contributed by atoms with Gasteiger partial charge in [-0.1, -0.05) is 48.5 Å². The monoisotopic (exact) mass is 409 g/mol. The molecule has 154 valence electrons. The van der Waals surface area contributed by atoms with Crippen molar-refractivity contribution in [2.45, 2.75) is 20.1 Å². The van der Waals surface area contributed by atoms with Crippen LogP contribution in [0, 0.1) is 11.3 Å². The molecule has 0 saturated heterocycles. The first kappa shape index (κ1) is 20.2. The molecular weight excluding hydrogens is 386 g/mol. The van der Waals surface area contributed by atoms with Crippen LogP contribution in [-0.4, -0.2) is 16.7 Å². The first-order valence-electron chi connectivity index (χ1n) is 10.2. The second kappa shape index (κ2) is 9.19. The highest BCUT2D eigenvalue weighted by Crippen LogP contribution is 2.31. The van der Waals surface area contributed by atoms with Crippen molar-refractivity contribution >= 4 is 22.7 Å². The zero-order valence-electron chi connectivity index (χ0n) is 17.6. The number of para-hydroxylation sites is 2. The summed E-state index contributed by atoms with van der Waals surface area (Å²) in [6.07, 6.45) is 1.83. The molecule has 3 aromatic carbocycles. The predicted octanol–water partition coefficient (Wildman–Crippen LogP) is 5.71. The molecule has 0 aliphatic carbocycles. The Hall–Kier alpha value is -4.04. The van der Waals surface area contributed by atoms with E-state index in [-0.39, 0.29) is 0 Å². The van der Waals surface area contributed by atoms with Crippen molar-refractivity contribution in [2.75, 3.05) is 7.11 Å². The second-order valence-electron chi connectivity index (χ2n) is 7.02. The van der Waals surface area contributed by atoms with Crippen LogP contribution in [0.15, 0.2) is 72.8 Å². The van der Waals surface area contributed by atoms with Gasteiger partial charge in [-0.15, -0.1) is 0 Å². The lowest BCUT2D eigenvalue weighted by Gasteiger charge is -2.12. The summed E-state index contributed by atoms with van der Waals surface area (Å²) in [6.45, 7) is 3.23. The van der Waals surface area contributed by atoms with Crippen molar-refractivity contribution in [3.8, 4) is 17.6 Å². The molecule has 1 heterocycles. The van der Waals surface area contributed by atoms with Crippen LogP contribution >= 0.6 is 0 Å². The Morgan fingerprint density at radius 1 is 1.03 bits per heavy atom. The SMILES string of the molecule is CCn1c(/C(C#N)=C/c2ccc(OCc3ccccc3)c(OC)c2)nc2ccccc21. The van der Waals surface area contributed by atoms with Gasteiger partial charge in [0, 0.05) is 6.54 Å². The van der Waals surface area contributed by atoms with E-state index >= 15 is 0 Å². The fourth-order valence-electron chi connectivity index (χ4n) is 3.54. The number of imidazole rings is 1.